The number of aliphatic imine (C=N–C) groups is 1. The third-order valence-electron chi connectivity index (χ3n) is 4.82. The average molecular weight is 302 g/mol. The standard InChI is InChI=1S/C18H30N4/c1-5-18(6-2,14-20-17-19-12-13-22(17)4)21-15(3)16-10-8-7-9-11-16/h7-11,15,21H,5-6,12-14H2,1-4H3,(H,19,20). The van der Waals surface area contributed by atoms with Crippen LogP contribution in [0.5, 0.6) is 0 Å². The van der Waals surface area contributed by atoms with Gasteiger partial charge in [0, 0.05) is 31.7 Å². The Labute approximate surface area is 135 Å². The summed E-state index contributed by atoms with van der Waals surface area (Å²) in [5, 5.41) is 7.39. The molecule has 0 amide bonds. The number of rotatable bonds is 7. The zero-order chi connectivity index (χ0) is 16.0. The maximum absolute atomic E-state index is 4.53. The zero-order valence-electron chi connectivity index (χ0n) is 14.4. The minimum Gasteiger partial charge on any atom is -0.354 e. The normalized spacial score (nSPS) is 16.5. The van der Waals surface area contributed by atoms with Gasteiger partial charge in [0.25, 0.3) is 0 Å². The summed E-state index contributed by atoms with van der Waals surface area (Å²) in [4.78, 5) is 6.72. The summed E-state index contributed by atoms with van der Waals surface area (Å²) in [6.07, 6.45) is 2.18. The lowest BCUT2D eigenvalue weighted by Gasteiger charge is -2.37. The zero-order valence-corrected chi connectivity index (χ0v) is 14.4. The van der Waals surface area contributed by atoms with Crippen LogP contribution in [0, 0.1) is 0 Å². The second-order valence-corrected chi connectivity index (χ2v) is 6.24. The van der Waals surface area contributed by atoms with Gasteiger partial charge < -0.3 is 15.5 Å². The molecule has 122 valence electrons. The highest BCUT2D eigenvalue weighted by Crippen LogP contribution is 2.21. The van der Waals surface area contributed by atoms with Crippen LogP contribution in [0.25, 0.3) is 0 Å². The number of benzene rings is 1. The van der Waals surface area contributed by atoms with Gasteiger partial charge >= 0.3 is 0 Å². The Bertz CT molecular complexity index is 479. The molecular weight excluding hydrogens is 272 g/mol. The molecule has 2 rings (SSSR count). The topological polar surface area (TPSA) is 39.7 Å². The molecule has 1 aliphatic rings. The fourth-order valence-corrected chi connectivity index (χ4v) is 3.01. The first-order valence-corrected chi connectivity index (χ1v) is 8.42. The monoisotopic (exact) mass is 302 g/mol. The smallest absolute Gasteiger partial charge is 0.193 e. The summed E-state index contributed by atoms with van der Waals surface area (Å²) >= 11 is 0. The summed E-state index contributed by atoms with van der Waals surface area (Å²) in [5.74, 6) is 1.03. The summed E-state index contributed by atoms with van der Waals surface area (Å²) in [6, 6.07) is 11.0. The molecule has 0 aromatic heterocycles. The third kappa shape index (κ3) is 4.01. The number of likely N-dealkylation sites (N-methyl/N-ethyl adjacent to an activating group) is 1. The molecule has 1 aromatic rings. The molecule has 1 aliphatic heterocycles. The van der Waals surface area contributed by atoms with Crippen molar-refractivity contribution in [3.63, 3.8) is 0 Å². The highest BCUT2D eigenvalue weighted by Gasteiger charge is 2.29. The van der Waals surface area contributed by atoms with Crippen LogP contribution in [0.15, 0.2) is 35.3 Å². The van der Waals surface area contributed by atoms with Crippen molar-refractivity contribution in [3.05, 3.63) is 35.9 Å². The van der Waals surface area contributed by atoms with Crippen molar-refractivity contribution in [3.8, 4) is 0 Å². The third-order valence-corrected chi connectivity index (χ3v) is 4.82. The Hall–Kier alpha value is -1.55. The van der Waals surface area contributed by atoms with E-state index in [1.54, 1.807) is 0 Å². The predicted octanol–water partition coefficient (Wildman–Crippen LogP) is 2.79. The Balaban J connectivity index is 2.01. The number of hydrogen-bond donors (Lipinski definition) is 2. The van der Waals surface area contributed by atoms with Gasteiger partial charge in [0.15, 0.2) is 5.96 Å². The predicted molar refractivity (Wildman–Crippen MR) is 94.2 cm³/mol. The van der Waals surface area contributed by atoms with E-state index in [0.29, 0.717) is 6.04 Å². The second kappa shape index (κ2) is 7.63. The summed E-state index contributed by atoms with van der Waals surface area (Å²) < 4.78 is 0. The van der Waals surface area contributed by atoms with Gasteiger partial charge in [-0.1, -0.05) is 44.2 Å². The molecule has 1 aromatic carbocycles. The molecule has 1 heterocycles. The molecule has 0 spiro atoms. The van der Waals surface area contributed by atoms with Gasteiger partial charge in [-0.3, -0.25) is 4.99 Å². The molecule has 0 saturated carbocycles. The Morgan fingerprint density at radius 2 is 1.91 bits per heavy atom. The van der Waals surface area contributed by atoms with Crippen molar-refractivity contribution < 1.29 is 0 Å². The van der Waals surface area contributed by atoms with E-state index in [1.165, 1.54) is 5.56 Å². The number of nitrogens with one attached hydrogen (secondary N) is 2. The molecule has 4 nitrogen and oxygen atoms in total. The van der Waals surface area contributed by atoms with E-state index in [-0.39, 0.29) is 5.54 Å². The van der Waals surface area contributed by atoms with E-state index in [9.17, 15) is 0 Å². The molecule has 1 atom stereocenters. The molecule has 1 unspecified atom stereocenters. The van der Waals surface area contributed by atoms with Crippen LogP contribution in [-0.4, -0.2) is 43.1 Å². The lowest BCUT2D eigenvalue weighted by atomic mass is 9.90. The maximum atomic E-state index is 4.53. The molecule has 0 saturated heterocycles. The highest BCUT2D eigenvalue weighted by molar-refractivity contribution is 5.81. The van der Waals surface area contributed by atoms with E-state index in [2.05, 4.69) is 78.7 Å². The summed E-state index contributed by atoms with van der Waals surface area (Å²) in [5.41, 5.74) is 1.42. The number of guanidine groups is 1. The first kappa shape index (κ1) is 16.8. The average Bonchev–Trinajstić information content (AvgIpc) is 2.97. The molecular formula is C18H30N4. The molecule has 0 bridgehead atoms. The fraction of sp³-hybridized carbons (Fsp3) is 0.611. The number of hydrogen-bond acceptors (Lipinski definition) is 4. The molecule has 0 aliphatic carbocycles. The van der Waals surface area contributed by atoms with Gasteiger partial charge in [0.05, 0.1) is 6.54 Å². The van der Waals surface area contributed by atoms with Gasteiger partial charge in [-0.2, -0.15) is 0 Å². The quantitative estimate of drug-likeness (QED) is 0.813. The van der Waals surface area contributed by atoms with E-state index in [0.717, 1.165) is 38.4 Å². The fourth-order valence-electron chi connectivity index (χ4n) is 3.01. The number of nitrogens with zero attached hydrogens (tertiary/aromatic N) is 2. The van der Waals surface area contributed by atoms with E-state index < -0.39 is 0 Å². The van der Waals surface area contributed by atoms with Crippen LogP contribution in [0.2, 0.25) is 0 Å². The minimum atomic E-state index is 0.0845. The van der Waals surface area contributed by atoms with E-state index in [1.807, 2.05) is 0 Å². The molecule has 22 heavy (non-hydrogen) atoms. The molecule has 0 radical (unpaired) electrons. The van der Waals surface area contributed by atoms with Gasteiger partial charge in [0.1, 0.15) is 0 Å². The van der Waals surface area contributed by atoms with Crippen LogP contribution in [0.1, 0.15) is 45.2 Å². The van der Waals surface area contributed by atoms with Crippen LogP contribution >= 0.6 is 0 Å². The summed E-state index contributed by atoms with van der Waals surface area (Å²) in [7, 11) is 2.10. The van der Waals surface area contributed by atoms with Crippen molar-refractivity contribution in [2.45, 2.75) is 45.2 Å². The van der Waals surface area contributed by atoms with Gasteiger partial charge in [-0.25, -0.2) is 0 Å². The SMILES string of the molecule is CCC(CC)(CNC1=NCCN1C)NC(C)c1ccccc1. The van der Waals surface area contributed by atoms with Gasteiger partial charge in [-0.15, -0.1) is 0 Å². The van der Waals surface area contributed by atoms with E-state index >= 15 is 0 Å². The van der Waals surface area contributed by atoms with E-state index in [4.69, 9.17) is 0 Å². The van der Waals surface area contributed by atoms with Crippen molar-refractivity contribution >= 4 is 5.96 Å². The Morgan fingerprint density at radius 1 is 1.23 bits per heavy atom. The van der Waals surface area contributed by atoms with Crippen molar-refractivity contribution in [1.82, 2.24) is 15.5 Å². The van der Waals surface area contributed by atoms with Crippen molar-refractivity contribution in [2.75, 3.05) is 26.7 Å². The molecule has 2 N–H and O–H groups in total. The van der Waals surface area contributed by atoms with Crippen molar-refractivity contribution in [1.29, 1.82) is 0 Å². The van der Waals surface area contributed by atoms with Crippen molar-refractivity contribution in [2.24, 2.45) is 4.99 Å². The van der Waals surface area contributed by atoms with Gasteiger partial charge in [0.2, 0.25) is 0 Å². The van der Waals surface area contributed by atoms with Crippen LogP contribution in [0.4, 0.5) is 0 Å². The molecule has 0 fully saturated rings. The lowest BCUT2D eigenvalue weighted by molar-refractivity contribution is 0.269. The lowest BCUT2D eigenvalue weighted by Crippen LogP contribution is -2.54. The Kier molecular flexibility index (Phi) is 5.83. The first-order chi connectivity index (χ1) is 10.6. The van der Waals surface area contributed by atoms with Crippen LogP contribution in [0.3, 0.4) is 0 Å². The van der Waals surface area contributed by atoms with Gasteiger partial charge in [-0.05, 0) is 25.3 Å². The first-order valence-electron chi connectivity index (χ1n) is 8.42. The minimum absolute atomic E-state index is 0.0845. The van der Waals surface area contributed by atoms with Crippen LogP contribution in [-0.2, 0) is 0 Å². The maximum Gasteiger partial charge on any atom is 0.193 e. The van der Waals surface area contributed by atoms with Crippen LogP contribution < -0.4 is 10.6 Å². The highest BCUT2D eigenvalue weighted by atomic mass is 15.3. The largest absolute Gasteiger partial charge is 0.354 e. The second-order valence-electron chi connectivity index (χ2n) is 6.24. The Morgan fingerprint density at radius 3 is 2.45 bits per heavy atom. The summed E-state index contributed by atoms with van der Waals surface area (Å²) in [6.45, 7) is 9.58. The molecule has 4 heteroatoms.